The molecule has 0 aliphatic carbocycles. The number of nitrogens with one attached hydrogen (secondary N) is 2. The lowest BCUT2D eigenvalue weighted by molar-refractivity contribution is 0.415. The van der Waals surface area contributed by atoms with Crippen LogP contribution in [0.1, 0.15) is 0 Å². The maximum atomic E-state index is 13.1. The molecule has 0 saturated carbocycles. The minimum absolute atomic E-state index is 0.137. The van der Waals surface area contributed by atoms with E-state index in [0.29, 0.717) is 17.0 Å². The predicted octanol–water partition coefficient (Wildman–Crippen LogP) is 2.72. The molecule has 7 heteroatoms. The fourth-order valence-electron chi connectivity index (χ4n) is 2.03. The molecule has 0 unspecified atom stereocenters. The molecule has 2 N–H and O–H groups in total. The number of halogens is 1. The van der Waals surface area contributed by atoms with Crippen LogP contribution in [0.15, 0.2) is 53.3 Å². The van der Waals surface area contributed by atoms with E-state index >= 15 is 0 Å². The van der Waals surface area contributed by atoms with E-state index in [1.807, 2.05) is 0 Å². The Kier molecular flexibility index (Phi) is 4.01. The molecule has 0 fully saturated rings. The Bertz CT molecular complexity index is 878. The van der Waals surface area contributed by atoms with Gasteiger partial charge in [-0.2, -0.15) is 0 Å². The van der Waals surface area contributed by atoms with Gasteiger partial charge in [0.05, 0.1) is 7.11 Å². The molecule has 0 saturated heterocycles. The van der Waals surface area contributed by atoms with Crippen LogP contribution < -0.4 is 15.6 Å². The summed E-state index contributed by atoms with van der Waals surface area (Å²) in [4.78, 5) is 14.7. The molecule has 23 heavy (non-hydrogen) atoms. The zero-order chi connectivity index (χ0) is 16.2. The number of rotatable bonds is 4. The number of nitrogens with zero attached hydrogens (tertiary/aromatic N) is 2. The molecule has 116 valence electrons. The van der Waals surface area contributed by atoms with Crippen molar-refractivity contribution in [3.05, 3.63) is 64.7 Å². The highest BCUT2D eigenvalue weighted by Gasteiger charge is 2.08. The van der Waals surface area contributed by atoms with Gasteiger partial charge in [0, 0.05) is 11.3 Å². The van der Waals surface area contributed by atoms with Crippen LogP contribution in [0.25, 0.3) is 11.3 Å². The van der Waals surface area contributed by atoms with Gasteiger partial charge >= 0.3 is 0 Å². The van der Waals surface area contributed by atoms with Crippen LogP contribution in [0, 0.1) is 5.82 Å². The number of H-pyrrole nitrogens is 1. The molecule has 0 atom stereocenters. The SMILES string of the molecule is COc1ccc(-c2nnc(Nc3cccc(F)c3)[nH]c2=O)cc1. The number of aromatic amines is 1. The Balaban J connectivity index is 1.86. The number of aromatic nitrogens is 3. The minimum Gasteiger partial charge on any atom is -0.497 e. The summed E-state index contributed by atoms with van der Waals surface area (Å²) in [5, 5.41) is 10.6. The smallest absolute Gasteiger partial charge is 0.279 e. The molecule has 6 nitrogen and oxygen atoms in total. The van der Waals surface area contributed by atoms with Gasteiger partial charge in [-0.25, -0.2) is 4.39 Å². The number of methoxy groups -OCH3 is 1. The Morgan fingerprint density at radius 3 is 2.57 bits per heavy atom. The fourth-order valence-corrected chi connectivity index (χ4v) is 2.03. The monoisotopic (exact) mass is 312 g/mol. The van der Waals surface area contributed by atoms with Crippen LogP contribution in [-0.4, -0.2) is 22.3 Å². The normalized spacial score (nSPS) is 10.3. The van der Waals surface area contributed by atoms with Crippen molar-refractivity contribution in [2.45, 2.75) is 0 Å². The van der Waals surface area contributed by atoms with E-state index in [1.165, 1.54) is 12.1 Å². The van der Waals surface area contributed by atoms with Crippen molar-refractivity contribution in [3.63, 3.8) is 0 Å². The van der Waals surface area contributed by atoms with Gasteiger partial charge in [0.1, 0.15) is 11.6 Å². The Morgan fingerprint density at radius 1 is 1.13 bits per heavy atom. The second kappa shape index (κ2) is 6.27. The van der Waals surface area contributed by atoms with E-state index in [0.717, 1.165) is 0 Å². The van der Waals surface area contributed by atoms with Gasteiger partial charge in [0.25, 0.3) is 5.56 Å². The summed E-state index contributed by atoms with van der Waals surface area (Å²) in [6.45, 7) is 0. The van der Waals surface area contributed by atoms with E-state index < -0.39 is 5.56 Å². The predicted molar refractivity (Wildman–Crippen MR) is 84.3 cm³/mol. The molecule has 0 amide bonds. The van der Waals surface area contributed by atoms with Crippen LogP contribution >= 0.6 is 0 Å². The molecular weight excluding hydrogens is 299 g/mol. The van der Waals surface area contributed by atoms with Crippen molar-refractivity contribution in [2.75, 3.05) is 12.4 Å². The average Bonchev–Trinajstić information content (AvgIpc) is 2.55. The van der Waals surface area contributed by atoms with Crippen molar-refractivity contribution in [1.29, 1.82) is 0 Å². The summed E-state index contributed by atoms with van der Waals surface area (Å²) in [5.41, 5.74) is 0.880. The molecule has 0 spiro atoms. The Hall–Kier alpha value is -3.22. The fraction of sp³-hybridized carbons (Fsp3) is 0.0625. The highest BCUT2D eigenvalue weighted by atomic mass is 19.1. The Labute approximate surface area is 131 Å². The third-order valence-electron chi connectivity index (χ3n) is 3.15. The van der Waals surface area contributed by atoms with Crippen LogP contribution in [0.5, 0.6) is 5.75 Å². The molecule has 3 rings (SSSR count). The first kappa shape index (κ1) is 14.7. The van der Waals surface area contributed by atoms with Crippen molar-refractivity contribution >= 4 is 11.6 Å². The molecule has 0 radical (unpaired) electrons. The largest absolute Gasteiger partial charge is 0.497 e. The summed E-state index contributed by atoms with van der Waals surface area (Å²) in [7, 11) is 1.56. The van der Waals surface area contributed by atoms with Crippen LogP contribution in [0.2, 0.25) is 0 Å². The van der Waals surface area contributed by atoms with Gasteiger partial charge in [-0.15, -0.1) is 10.2 Å². The van der Waals surface area contributed by atoms with E-state index in [2.05, 4.69) is 20.5 Å². The first-order chi connectivity index (χ1) is 11.2. The number of hydrogen-bond acceptors (Lipinski definition) is 5. The van der Waals surface area contributed by atoms with Gasteiger partial charge in [0.15, 0.2) is 5.69 Å². The van der Waals surface area contributed by atoms with E-state index in [-0.39, 0.29) is 17.5 Å². The summed E-state index contributed by atoms with van der Waals surface area (Å²) >= 11 is 0. The van der Waals surface area contributed by atoms with Gasteiger partial charge in [-0.1, -0.05) is 6.07 Å². The molecule has 2 aromatic carbocycles. The summed E-state index contributed by atoms with van der Waals surface area (Å²) in [5.74, 6) is 0.431. The lowest BCUT2D eigenvalue weighted by Gasteiger charge is -2.06. The zero-order valence-corrected chi connectivity index (χ0v) is 12.2. The number of hydrogen-bond donors (Lipinski definition) is 2. The first-order valence-electron chi connectivity index (χ1n) is 6.80. The van der Waals surface area contributed by atoms with Crippen molar-refractivity contribution < 1.29 is 9.13 Å². The number of anilines is 2. The van der Waals surface area contributed by atoms with Gasteiger partial charge in [0.2, 0.25) is 5.95 Å². The quantitative estimate of drug-likeness (QED) is 0.774. The van der Waals surface area contributed by atoms with Crippen molar-refractivity contribution in [1.82, 2.24) is 15.2 Å². The number of ether oxygens (including phenoxy) is 1. The summed E-state index contributed by atoms with van der Waals surface area (Å²) < 4.78 is 18.2. The van der Waals surface area contributed by atoms with Gasteiger partial charge < -0.3 is 10.1 Å². The van der Waals surface area contributed by atoms with Crippen molar-refractivity contribution in [2.24, 2.45) is 0 Å². The minimum atomic E-state index is -0.399. The second-order valence-electron chi connectivity index (χ2n) is 4.72. The summed E-state index contributed by atoms with van der Waals surface area (Å²) in [6.07, 6.45) is 0. The third-order valence-corrected chi connectivity index (χ3v) is 3.15. The standard InChI is InChI=1S/C16H13FN4O2/c1-23-13-7-5-10(6-8-13)14-15(22)19-16(21-20-14)18-12-4-2-3-11(17)9-12/h2-9H,1H3,(H2,18,19,21,22). The highest BCUT2D eigenvalue weighted by molar-refractivity contribution is 5.60. The maximum absolute atomic E-state index is 13.1. The first-order valence-corrected chi connectivity index (χ1v) is 6.80. The van der Waals surface area contributed by atoms with Gasteiger partial charge in [-0.3, -0.25) is 9.78 Å². The van der Waals surface area contributed by atoms with Gasteiger partial charge in [-0.05, 0) is 42.5 Å². The molecule has 3 aromatic rings. The van der Waals surface area contributed by atoms with E-state index in [9.17, 15) is 9.18 Å². The lowest BCUT2D eigenvalue weighted by atomic mass is 10.1. The Morgan fingerprint density at radius 2 is 1.91 bits per heavy atom. The zero-order valence-electron chi connectivity index (χ0n) is 12.2. The molecule has 0 aliphatic heterocycles. The molecule has 0 bridgehead atoms. The van der Waals surface area contributed by atoms with Crippen molar-refractivity contribution in [3.8, 4) is 17.0 Å². The average molecular weight is 312 g/mol. The molecule has 0 aliphatic rings. The third kappa shape index (κ3) is 3.34. The molecule has 1 heterocycles. The second-order valence-corrected chi connectivity index (χ2v) is 4.72. The van der Waals surface area contributed by atoms with Crippen LogP contribution in [0.4, 0.5) is 16.0 Å². The maximum Gasteiger partial charge on any atom is 0.279 e. The van der Waals surface area contributed by atoms with E-state index in [1.54, 1.807) is 43.5 Å². The molecular formula is C16H13FN4O2. The number of benzene rings is 2. The lowest BCUT2D eigenvalue weighted by Crippen LogP contribution is -2.15. The summed E-state index contributed by atoms with van der Waals surface area (Å²) in [6, 6.07) is 12.7. The highest BCUT2D eigenvalue weighted by Crippen LogP contribution is 2.18. The van der Waals surface area contributed by atoms with E-state index in [4.69, 9.17) is 4.74 Å². The topological polar surface area (TPSA) is 79.9 Å². The molecule has 1 aromatic heterocycles. The van der Waals surface area contributed by atoms with Crippen LogP contribution in [0.3, 0.4) is 0 Å². The van der Waals surface area contributed by atoms with Crippen LogP contribution in [-0.2, 0) is 0 Å².